The highest BCUT2D eigenvalue weighted by Gasteiger charge is 2.40. The number of halogens is 3. The maximum atomic E-state index is 12.5. The van der Waals surface area contributed by atoms with Crippen LogP contribution in [0, 0.1) is 21.4 Å². The molecule has 0 saturated carbocycles. The molecule has 90 valence electrons. The van der Waals surface area contributed by atoms with E-state index in [1.54, 1.807) is 0 Å². The predicted octanol–water partition coefficient (Wildman–Crippen LogP) is 1.98. The summed E-state index contributed by atoms with van der Waals surface area (Å²) in [6, 6.07) is 2.63. The number of nitrogens with zero attached hydrogens (tertiary/aromatic N) is 2. The molecule has 0 aliphatic rings. The van der Waals surface area contributed by atoms with Gasteiger partial charge in [-0.2, -0.15) is 18.4 Å². The fourth-order valence-corrected chi connectivity index (χ4v) is 1.31. The minimum atomic E-state index is -4.93. The van der Waals surface area contributed by atoms with E-state index in [0.717, 1.165) is 6.07 Å². The molecule has 0 fully saturated rings. The molecular formula is C9H5F3N2O3. The van der Waals surface area contributed by atoms with Crippen molar-refractivity contribution in [2.24, 2.45) is 0 Å². The van der Waals surface area contributed by atoms with Crippen LogP contribution in [-0.4, -0.2) is 10.0 Å². The van der Waals surface area contributed by atoms with Crippen molar-refractivity contribution in [2.45, 2.75) is 12.8 Å². The quantitative estimate of drug-likeness (QED) is 0.638. The average molecular weight is 246 g/mol. The van der Waals surface area contributed by atoms with Gasteiger partial charge in [-0.25, -0.2) is 0 Å². The minimum Gasteiger partial charge on any atom is -0.392 e. The zero-order valence-corrected chi connectivity index (χ0v) is 8.15. The van der Waals surface area contributed by atoms with Gasteiger partial charge in [0.2, 0.25) is 0 Å². The van der Waals surface area contributed by atoms with E-state index in [1.807, 2.05) is 0 Å². The predicted molar refractivity (Wildman–Crippen MR) is 48.7 cm³/mol. The van der Waals surface area contributed by atoms with Crippen molar-refractivity contribution in [1.29, 1.82) is 5.26 Å². The Hall–Kier alpha value is -2.14. The molecule has 0 radical (unpaired) electrons. The molecule has 0 bridgehead atoms. The smallest absolute Gasteiger partial charge is 0.392 e. The molecular weight excluding hydrogens is 241 g/mol. The molecule has 0 saturated heterocycles. The van der Waals surface area contributed by atoms with Crippen LogP contribution in [0.15, 0.2) is 12.1 Å². The average Bonchev–Trinajstić information content (AvgIpc) is 2.25. The summed E-state index contributed by atoms with van der Waals surface area (Å²) in [6.07, 6.45) is -4.93. The van der Waals surface area contributed by atoms with Crippen molar-refractivity contribution in [3.05, 3.63) is 38.9 Å². The summed E-state index contributed by atoms with van der Waals surface area (Å²) in [7, 11) is 0. The molecule has 0 aliphatic carbocycles. The van der Waals surface area contributed by atoms with Gasteiger partial charge in [0.1, 0.15) is 17.2 Å². The van der Waals surface area contributed by atoms with E-state index in [-0.39, 0.29) is 5.56 Å². The summed E-state index contributed by atoms with van der Waals surface area (Å²) in [5, 5.41) is 28.0. The molecule has 1 N–H and O–H groups in total. The third-order valence-electron chi connectivity index (χ3n) is 2.03. The Bertz CT molecular complexity index is 505. The van der Waals surface area contributed by atoms with Crippen LogP contribution < -0.4 is 0 Å². The number of nitro groups is 1. The van der Waals surface area contributed by atoms with Gasteiger partial charge in [-0.3, -0.25) is 10.1 Å². The molecule has 1 aromatic rings. The van der Waals surface area contributed by atoms with E-state index in [2.05, 4.69) is 0 Å². The van der Waals surface area contributed by atoms with Crippen LogP contribution in [0.1, 0.15) is 16.7 Å². The van der Waals surface area contributed by atoms with Crippen molar-refractivity contribution < 1.29 is 23.2 Å². The molecule has 0 spiro atoms. The zero-order valence-electron chi connectivity index (χ0n) is 8.15. The second kappa shape index (κ2) is 4.39. The van der Waals surface area contributed by atoms with Crippen molar-refractivity contribution in [2.75, 3.05) is 0 Å². The van der Waals surface area contributed by atoms with E-state index >= 15 is 0 Å². The number of benzene rings is 1. The zero-order chi connectivity index (χ0) is 13.2. The maximum absolute atomic E-state index is 12.5. The van der Waals surface area contributed by atoms with Gasteiger partial charge < -0.3 is 5.11 Å². The maximum Gasteiger partial charge on any atom is 0.423 e. The Kier molecular flexibility index (Phi) is 3.34. The Balaban J connectivity index is 3.67. The standard InChI is InChI=1S/C9H5F3N2O3/c10-9(11,12)7-2-1-5(4-15)6(3-13)8(7)14(16)17/h1-2,15H,4H2. The van der Waals surface area contributed by atoms with Crippen molar-refractivity contribution in [3.63, 3.8) is 0 Å². The number of nitriles is 1. The Labute approximate surface area is 92.9 Å². The second-order valence-corrected chi connectivity index (χ2v) is 3.02. The minimum absolute atomic E-state index is 0.216. The number of rotatable bonds is 2. The number of aliphatic hydroxyl groups excluding tert-OH is 1. The van der Waals surface area contributed by atoms with Crippen LogP contribution in [0.2, 0.25) is 0 Å². The molecule has 17 heavy (non-hydrogen) atoms. The Morgan fingerprint density at radius 3 is 2.41 bits per heavy atom. The van der Waals surface area contributed by atoms with Gasteiger partial charge in [0.15, 0.2) is 0 Å². The van der Waals surface area contributed by atoms with Crippen molar-refractivity contribution in [1.82, 2.24) is 0 Å². The molecule has 0 aromatic heterocycles. The summed E-state index contributed by atoms with van der Waals surface area (Å²) >= 11 is 0. The fourth-order valence-electron chi connectivity index (χ4n) is 1.31. The van der Waals surface area contributed by atoms with Crippen molar-refractivity contribution in [3.8, 4) is 6.07 Å². The van der Waals surface area contributed by atoms with Crippen LogP contribution in [-0.2, 0) is 12.8 Å². The molecule has 1 rings (SSSR count). The Morgan fingerprint density at radius 1 is 1.47 bits per heavy atom. The fraction of sp³-hybridized carbons (Fsp3) is 0.222. The lowest BCUT2D eigenvalue weighted by molar-refractivity contribution is -0.388. The summed E-state index contributed by atoms with van der Waals surface area (Å²) in [5.41, 5.74) is -3.82. The van der Waals surface area contributed by atoms with Gasteiger partial charge >= 0.3 is 6.18 Å². The molecule has 0 heterocycles. The van der Waals surface area contributed by atoms with E-state index < -0.39 is 34.5 Å². The lowest BCUT2D eigenvalue weighted by atomic mass is 10.0. The molecule has 0 amide bonds. The third kappa shape index (κ3) is 2.34. The number of hydrogen-bond acceptors (Lipinski definition) is 4. The van der Waals surface area contributed by atoms with Gasteiger partial charge in [-0.05, 0) is 6.07 Å². The molecule has 0 aliphatic heterocycles. The normalized spacial score (nSPS) is 11.0. The first-order valence-corrected chi connectivity index (χ1v) is 4.21. The number of aliphatic hydroxyl groups is 1. The van der Waals surface area contributed by atoms with Crippen LogP contribution in [0.4, 0.5) is 18.9 Å². The number of alkyl halides is 3. The number of nitro benzene ring substituents is 1. The largest absolute Gasteiger partial charge is 0.423 e. The lowest BCUT2D eigenvalue weighted by Crippen LogP contribution is -2.11. The van der Waals surface area contributed by atoms with E-state index in [1.165, 1.54) is 6.07 Å². The number of hydrogen-bond donors (Lipinski definition) is 1. The first-order chi connectivity index (χ1) is 7.82. The Morgan fingerprint density at radius 2 is 2.06 bits per heavy atom. The summed E-state index contributed by atoms with van der Waals surface area (Å²) in [6.45, 7) is -0.748. The topological polar surface area (TPSA) is 87.2 Å². The molecule has 0 unspecified atom stereocenters. The molecule has 5 nitrogen and oxygen atoms in total. The summed E-state index contributed by atoms with van der Waals surface area (Å²) in [4.78, 5) is 9.31. The van der Waals surface area contributed by atoms with Gasteiger partial charge in [-0.1, -0.05) is 6.07 Å². The van der Waals surface area contributed by atoms with E-state index in [0.29, 0.717) is 6.07 Å². The molecule has 8 heteroatoms. The van der Waals surface area contributed by atoms with E-state index in [9.17, 15) is 23.3 Å². The third-order valence-corrected chi connectivity index (χ3v) is 2.03. The molecule has 1 aromatic carbocycles. The highest BCUT2D eigenvalue weighted by molar-refractivity contribution is 5.59. The monoisotopic (exact) mass is 246 g/mol. The van der Waals surface area contributed by atoms with Crippen LogP contribution >= 0.6 is 0 Å². The lowest BCUT2D eigenvalue weighted by Gasteiger charge is -2.09. The van der Waals surface area contributed by atoms with Gasteiger partial charge in [0.05, 0.1) is 11.5 Å². The first kappa shape index (κ1) is 12.9. The highest BCUT2D eigenvalue weighted by Crippen LogP contribution is 2.38. The van der Waals surface area contributed by atoms with Gasteiger partial charge in [-0.15, -0.1) is 0 Å². The molecule has 0 atom stereocenters. The van der Waals surface area contributed by atoms with Crippen molar-refractivity contribution >= 4 is 5.69 Å². The SMILES string of the molecule is N#Cc1c(CO)ccc(C(F)(F)F)c1[N+](=O)[O-]. The van der Waals surface area contributed by atoms with Gasteiger partial charge in [0.25, 0.3) is 5.69 Å². The summed E-state index contributed by atoms with van der Waals surface area (Å²) in [5.74, 6) is 0. The van der Waals surface area contributed by atoms with Gasteiger partial charge in [0, 0.05) is 5.56 Å². The first-order valence-electron chi connectivity index (χ1n) is 4.21. The highest BCUT2D eigenvalue weighted by atomic mass is 19.4. The van der Waals surface area contributed by atoms with E-state index in [4.69, 9.17) is 10.4 Å². The summed E-state index contributed by atoms with van der Waals surface area (Å²) < 4.78 is 37.5. The van der Waals surface area contributed by atoms with Crippen LogP contribution in [0.5, 0.6) is 0 Å². The van der Waals surface area contributed by atoms with Crippen LogP contribution in [0.25, 0.3) is 0 Å². The van der Waals surface area contributed by atoms with Crippen LogP contribution in [0.3, 0.4) is 0 Å². The second-order valence-electron chi connectivity index (χ2n) is 3.02.